The van der Waals surface area contributed by atoms with E-state index < -0.39 is 5.54 Å². The van der Waals surface area contributed by atoms with Gasteiger partial charge in [0.25, 0.3) is 0 Å². The summed E-state index contributed by atoms with van der Waals surface area (Å²) in [5.74, 6) is 0.482. The third-order valence-corrected chi connectivity index (χ3v) is 5.00. The Morgan fingerprint density at radius 1 is 1.11 bits per heavy atom. The maximum atomic E-state index is 13.1. The number of aromatic nitrogens is 1. The van der Waals surface area contributed by atoms with Crippen LogP contribution in [0.5, 0.6) is 5.75 Å². The highest BCUT2D eigenvalue weighted by atomic mass is 19.1. The molecule has 1 heterocycles. The number of aliphatic hydroxyl groups is 2. The molecular formula is C22H27FN2O3. The molecule has 3 aromatic rings. The van der Waals surface area contributed by atoms with E-state index in [0.717, 1.165) is 22.2 Å². The van der Waals surface area contributed by atoms with Crippen LogP contribution >= 0.6 is 0 Å². The normalized spacial score (nSPS) is 13.0. The Balaban J connectivity index is 1.70. The van der Waals surface area contributed by atoms with Crippen LogP contribution in [0.2, 0.25) is 0 Å². The minimum Gasteiger partial charge on any atom is -0.486 e. The van der Waals surface area contributed by atoms with Gasteiger partial charge in [-0.3, -0.25) is 0 Å². The van der Waals surface area contributed by atoms with E-state index in [0.29, 0.717) is 13.1 Å². The first-order chi connectivity index (χ1) is 13.4. The average Bonchev–Trinajstić information content (AvgIpc) is 3.10. The number of halogens is 1. The molecular weight excluding hydrogens is 359 g/mol. The zero-order chi connectivity index (χ0) is 20.1. The predicted octanol–water partition coefficient (Wildman–Crippen LogP) is 3.25. The number of hydrogen-bond acceptors (Lipinski definition) is 4. The molecule has 1 aromatic heterocycles. The second kappa shape index (κ2) is 8.73. The Hall–Kier alpha value is -2.41. The van der Waals surface area contributed by atoms with E-state index in [4.69, 9.17) is 4.74 Å². The van der Waals surface area contributed by atoms with Crippen LogP contribution in [0.25, 0.3) is 10.9 Å². The molecule has 1 unspecified atom stereocenters. The summed E-state index contributed by atoms with van der Waals surface area (Å²) >= 11 is 0. The fourth-order valence-electron chi connectivity index (χ4n) is 3.08. The van der Waals surface area contributed by atoms with E-state index in [1.54, 1.807) is 19.1 Å². The lowest BCUT2D eigenvalue weighted by atomic mass is 10.1. The number of rotatable bonds is 9. The average molecular weight is 386 g/mol. The summed E-state index contributed by atoms with van der Waals surface area (Å²) in [6, 6.07) is 14.3. The van der Waals surface area contributed by atoms with Crippen LogP contribution in [0.15, 0.2) is 54.7 Å². The quantitative estimate of drug-likeness (QED) is 0.528. The van der Waals surface area contributed by atoms with Gasteiger partial charge in [-0.05, 0) is 55.1 Å². The lowest BCUT2D eigenvalue weighted by Gasteiger charge is -2.26. The monoisotopic (exact) mass is 386 g/mol. The van der Waals surface area contributed by atoms with E-state index in [1.807, 2.05) is 37.4 Å². The highest BCUT2D eigenvalue weighted by Gasteiger charge is 2.20. The summed E-state index contributed by atoms with van der Waals surface area (Å²) in [7, 11) is 0. The van der Waals surface area contributed by atoms with Crippen LogP contribution in [0.4, 0.5) is 4.39 Å². The van der Waals surface area contributed by atoms with Gasteiger partial charge in [-0.25, -0.2) is 4.39 Å². The van der Waals surface area contributed by atoms with E-state index in [1.165, 1.54) is 12.1 Å². The van der Waals surface area contributed by atoms with Gasteiger partial charge >= 0.3 is 0 Å². The molecule has 28 heavy (non-hydrogen) atoms. The molecule has 0 bridgehead atoms. The molecule has 0 radical (unpaired) electrons. The molecule has 0 saturated heterocycles. The standard InChI is InChI=1S/C22H27FN2O3/c1-16(17-3-6-19(23)7-4-17)28-20-8-5-18-9-11-25(21(18)13-20)12-10-24-22(2,14-26)15-27/h3-9,11,13,16,24,26-27H,10,12,14-15H2,1-2H3. The van der Waals surface area contributed by atoms with Crippen LogP contribution in [0, 0.1) is 5.82 Å². The maximum Gasteiger partial charge on any atom is 0.123 e. The molecule has 0 fully saturated rings. The number of nitrogens with zero attached hydrogens (tertiary/aromatic N) is 1. The second-order valence-corrected chi connectivity index (χ2v) is 7.35. The fourth-order valence-corrected chi connectivity index (χ4v) is 3.08. The number of nitrogens with one attached hydrogen (secondary N) is 1. The van der Waals surface area contributed by atoms with Crippen molar-refractivity contribution >= 4 is 10.9 Å². The van der Waals surface area contributed by atoms with Crippen molar-refractivity contribution in [2.75, 3.05) is 19.8 Å². The van der Waals surface area contributed by atoms with Gasteiger partial charge in [-0.2, -0.15) is 0 Å². The number of aliphatic hydroxyl groups excluding tert-OH is 2. The van der Waals surface area contributed by atoms with Gasteiger partial charge in [0.05, 0.1) is 24.3 Å². The SMILES string of the molecule is CC(Oc1ccc2ccn(CCNC(C)(CO)CO)c2c1)c1ccc(F)cc1. The molecule has 2 aromatic carbocycles. The molecule has 0 saturated carbocycles. The Labute approximate surface area is 164 Å². The molecule has 0 aliphatic carbocycles. The minimum absolute atomic E-state index is 0.130. The van der Waals surface area contributed by atoms with Crippen molar-refractivity contribution in [1.29, 1.82) is 0 Å². The van der Waals surface area contributed by atoms with Gasteiger partial charge in [-0.1, -0.05) is 12.1 Å². The van der Waals surface area contributed by atoms with Crippen molar-refractivity contribution in [3.63, 3.8) is 0 Å². The zero-order valence-corrected chi connectivity index (χ0v) is 16.2. The van der Waals surface area contributed by atoms with Gasteiger partial charge in [0.15, 0.2) is 0 Å². The van der Waals surface area contributed by atoms with Gasteiger partial charge in [0, 0.05) is 25.4 Å². The Kier molecular flexibility index (Phi) is 6.34. The molecule has 0 aliphatic heterocycles. The number of hydrogen-bond donors (Lipinski definition) is 3. The summed E-state index contributed by atoms with van der Waals surface area (Å²) in [4.78, 5) is 0. The fraction of sp³-hybridized carbons (Fsp3) is 0.364. The summed E-state index contributed by atoms with van der Waals surface area (Å²) in [6.45, 7) is 4.76. The summed E-state index contributed by atoms with van der Waals surface area (Å²) < 4.78 is 21.3. The van der Waals surface area contributed by atoms with E-state index in [2.05, 4.69) is 9.88 Å². The summed E-state index contributed by atoms with van der Waals surface area (Å²) in [5.41, 5.74) is 1.26. The Morgan fingerprint density at radius 2 is 1.82 bits per heavy atom. The van der Waals surface area contributed by atoms with E-state index in [-0.39, 0.29) is 25.1 Å². The number of ether oxygens (including phenoxy) is 1. The van der Waals surface area contributed by atoms with Gasteiger partial charge in [-0.15, -0.1) is 0 Å². The molecule has 0 aliphatic rings. The minimum atomic E-state index is -0.693. The van der Waals surface area contributed by atoms with Crippen molar-refractivity contribution in [2.45, 2.75) is 32.0 Å². The van der Waals surface area contributed by atoms with Gasteiger partial charge in [0.2, 0.25) is 0 Å². The maximum absolute atomic E-state index is 13.1. The Morgan fingerprint density at radius 3 is 2.50 bits per heavy atom. The van der Waals surface area contributed by atoms with Crippen molar-refractivity contribution in [2.24, 2.45) is 0 Å². The van der Waals surface area contributed by atoms with Crippen molar-refractivity contribution < 1.29 is 19.3 Å². The predicted molar refractivity (Wildman–Crippen MR) is 108 cm³/mol. The summed E-state index contributed by atoms with van der Waals surface area (Å²) in [5, 5.41) is 23.0. The molecule has 6 heteroatoms. The molecule has 5 nitrogen and oxygen atoms in total. The van der Waals surface area contributed by atoms with Gasteiger partial charge < -0.3 is 24.8 Å². The molecule has 1 atom stereocenters. The first kappa shape index (κ1) is 20.3. The smallest absolute Gasteiger partial charge is 0.123 e. The molecule has 0 spiro atoms. The highest BCUT2D eigenvalue weighted by Crippen LogP contribution is 2.26. The Bertz CT molecular complexity index is 904. The van der Waals surface area contributed by atoms with Crippen LogP contribution < -0.4 is 10.1 Å². The molecule has 0 amide bonds. The highest BCUT2D eigenvalue weighted by molar-refractivity contribution is 5.81. The third-order valence-electron chi connectivity index (χ3n) is 5.00. The first-order valence-electron chi connectivity index (χ1n) is 9.42. The van der Waals surface area contributed by atoms with Crippen LogP contribution in [-0.4, -0.2) is 40.1 Å². The largest absolute Gasteiger partial charge is 0.486 e. The van der Waals surface area contributed by atoms with Gasteiger partial charge in [0.1, 0.15) is 17.7 Å². The summed E-state index contributed by atoms with van der Waals surface area (Å²) in [6.07, 6.45) is 1.81. The van der Waals surface area contributed by atoms with Crippen LogP contribution in [0.3, 0.4) is 0 Å². The molecule has 150 valence electrons. The zero-order valence-electron chi connectivity index (χ0n) is 16.2. The van der Waals surface area contributed by atoms with Crippen molar-refractivity contribution in [1.82, 2.24) is 9.88 Å². The lowest BCUT2D eigenvalue weighted by molar-refractivity contribution is 0.104. The van der Waals surface area contributed by atoms with Crippen LogP contribution in [-0.2, 0) is 6.54 Å². The molecule has 3 rings (SSSR count). The van der Waals surface area contributed by atoms with E-state index >= 15 is 0 Å². The van der Waals surface area contributed by atoms with Crippen molar-refractivity contribution in [3.05, 3.63) is 66.1 Å². The lowest BCUT2D eigenvalue weighted by Crippen LogP contribution is -2.49. The third kappa shape index (κ3) is 4.70. The van der Waals surface area contributed by atoms with Crippen LogP contribution in [0.1, 0.15) is 25.5 Å². The molecule has 3 N–H and O–H groups in total. The van der Waals surface area contributed by atoms with E-state index in [9.17, 15) is 14.6 Å². The number of benzene rings is 2. The second-order valence-electron chi connectivity index (χ2n) is 7.35. The number of fused-ring (bicyclic) bond motifs is 1. The topological polar surface area (TPSA) is 66.7 Å². The first-order valence-corrected chi connectivity index (χ1v) is 9.42. The van der Waals surface area contributed by atoms with Crippen molar-refractivity contribution in [3.8, 4) is 5.75 Å².